The lowest BCUT2D eigenvalue weighted by Crippen LogP contribution is -2.34. The third-order valence-electron chi connectivity index (χ3n) is 4.26. The second kappa shape index (κ2) is 5.57. The van der Waals surface area contributed by atoms with Crippen LogP contribution in [0.2, 0.25) is 0 Å². The minimum atomic E-state index is -1.16. The van der Waals surface area contributed by atoms with Gasteiger partial charge in [0.15, 0.2) is 5.69 Å². The van der Waals surface area contributed by atoms with Gasteiger partial charge < -0.3 is 10.0 Å². The van der Waals surface area contributed by atoms with Crippen LogP contribution >= 0.6 is 0 Å². The highest BCUT2D eigenvalue weighted by atomic mass is 16.3. The molecule has 0 spiro atoms. The summed E-state index contributed by atoms with van der Waals surface area (Å²) in [5.41, 5.74) is 0.526. The number of hydrogen-bond donors (Lipinski definition) is 2. The summed E-state index contributed by atoms with van der Waals surface area (Å²) in [4.78, 5) is 14.2. The monoisotopic (exact) mass is 324 g/mol. The van der Waals surface area contributed by atoms with Crippen molar-refractivity contribution in [2.24, 2.45) is 0 Å². The van der Waals surface area contributed by atoms with Crippen LogP contribution in [0.1, 0.15) is 22.6 Å². The van der Waals surface area contributed by atoms with Crippen molar-refractivity contribution in [2.75, 3.05) is 13.1 Å². The Bertz CT molecular complexity index is 845. The number of hydrogen-bond acceptors (Lipinski definition) is 5. The van der Waals surface area contributed by atoms with Crippen molar-refractivity contribution >= 4 is 5.91 Å². The van der Waals surface area contributed by atoms with Gasteiger partial charge >= 0.3 is 0 Å². The lowest BCUT2D eigenvalue weighted by atomic mass is 10.00. The Kier molecular flexibility index (Phi) is 3.39. The van der Waals surface area contributed by atoms with Gasteiger partial charge in [-0.05, 0) is 18.2 Å². The van der Waals surface area contributed by atoms with E-state index in [1.807, 2.05) is 30.3 Å². The summed E-state index contributed by atoms with van der Waals surface area (Å²) < 4.78 is 1.66. The second-order valence-electron chi connectivity index (χ2n) is 5.84. The van der Waals surface area contributed by atoms with Gasteiger partial charge in [0.1, 0.15) is 11.3 Å². The Balaban J connectivity index is 1.52. The largest absolute Gasteiger partial charge is 0.381 e. The van der Waals surface area contributed by atoms with Gasteiger partial charge in [0.05, 0.1) is 18.4 Å². The summed E-state index contributed by atoms with van der Waals surface area (Å²) in [6.07, 6.45) is 3.66. The number of carbonyl (C=O) groups excluding carboxylic acids is 1. The molecule has 0 unspecified atom stereocenters. The van der Waals surface area contributed by atoms with Gasteiger partial charge in [-0.25, -0.2) is 4.68 Å². The molecule has 24 heavy (non-hydrogen) atoms. The minimum Gasteiger partial charge on any atom is -0.381 e. The Hall–Kier alpha value is -3.00. The van der Waals surface area contributed by atoms with Gasteiger partial charge in [-0.15, -0.1) is 0 Å². The van der Waals surface area contributed by atoms with E-state index in [-0.39, 0.29) is 12.5 Å². The highest BCUT2D eigenvalue weighted by Gasteiger charge is 2.42. The number of aromatic nitrogens is 5. The van der Waals surface area contributed by atoms with E-state index in [0.717, 1.165) is 5.69 Å². The maximum Gasteiger partial charge on any atom is 0.274 e. The van der Waals surface area contributed by atoms with Crippen molar-refractivity contribution in [3.63, 3.8) is 0 Å². The van der Waals surface area contributed by atoms with Crippen LogP contribution in [0, 0.1) is 0 Å². The Labute approximate surface area is 137 Å². The molecule has 1 aliphatic heterocycles. The quantitative estimate of drug-likeness (QED) is 0.739. The molecule has 0 radical (unpaired) electrons. The van der Waals surface area contributed by atoms with Crippen LogP contribution in [-0.2, 0) is 5.60 Å². The Morgan fingerprint density at radius 2 is 2.08 bits per heavy atom. The number of amides is 1. The number of rotatable bonds is 3. The number of β-amino-alcohol motifs (C(OH)–C–C–N with tert-alkyl or cyclic N) is 1. The van der Waals surface area contributed by atoms with Crippen molar-refractivity contribution < 1.29 is 9.90 Å². The molecule has 8 heteroatoms. The zero-order chi connectivity index (χ0) is 16.6. The third kappa shape index (κ3) is 2.46. The smallest absolute Gasteiger partial charge is 0.274 e. The number of nitrogens with one attached hydrogen (secondary N) is 1. The topological polar surface area (TPSA) is 99.9 Å². The first-order valence-electron chi connectivity index (χ1n) is 7.65. The van der Waals surface area contributed by atoms with E-state index in [0.29, 0.717) is 24.4 Å². The van der Waals surface area contributed by atoms with Crippen LogP contribution in [0.5, 0.6) is 0 Å². The molecule has 1 aliphatic rings. The number of likely N-dealkylation sites (tertiary alicyclic amines) is 1. The van der Waals surface area contributed by atoms with Gasteiger partial charge in [-0.3, -0.25) is 4.79 Å². The summed E-state index contributed by atoms with van der Waals surface area (Å²) >= 11 is 0. The van der Waals surface area contributed by atoms with E-state index in [1.54, 1.807) is 21.8 Å². The van der Waals surface area contributed by atoms with E-state index >= 15 is 0 Å². The van der Waals surface area contributed by atoms with E-state index in [1.165, 1.54) is 6.20 Å². The molecule has 8 nitrogen and oxygen atoms in total. The molecule has 3 heterocycles. The first-order valence-corrected chi connectivity index (χ1v) is 7.65. The summed E-state index contributed by atoms with van der Waals surface area (Å²) in [7, 11) is 0. The van der Waals surface area contributed by atoms with E-state index < -0.39 is 5.60 Å². The van der Waals surface area contributed by atoms with Crippen LogP contribution in [-0.4, -0.2) is 54.2 Å². The van der Waals surface area contributed by atoms with Crippen LogP contribution in [0.3, 0.4) is 0 Å². The van der Waals surface area contributed by atoms with Gasteiger partial charge in [0.25, 0.3) is 5.91 Å². The molecule has 3 aromatic rings. The Morgan fingerprint density at radius 3 is 2.83 bits per heavy atom. The zero-order valence-electron chi connectivity index (χ0n) is 12.8. The Morgan fingerprint density at radius 1 is 1.25 bits per heavy atom. The SMILES string of the molecule is O=C(c1ccn(-c2ccccc2)n1)N1CC[C@@](O)(c2cn[nH]n2)C1. The van der Waals surface area contributed by atoms with Crippen LogP contribution in [0.25, 0.3) is 5.69 Å². The predicted molar refractivity (Wildman–Crippen MR) is 84.4 cm³/mol. The average Bonchev–Trinajstić information content (AvgIpc) is 3.36. The third-order valence-corrected chi connectivity index (χ3v) is 4.26. The fraction of sp³-hybridized carbons (Fsp3) is 0.250. The van der Waals surface area contributed by atoms with E-state index in [9.17, 15) is 9.90 Å². The molecule has 2 N–H and O–H groups in total. The van der Waals surface area contributed by atoms with Crippen LogP contribution in [0.4, 0.5) is 0 Å². The average molecular weight is 324 g/mol. The molecular weight excluding hydrogens is 308 g/mol. The van der Waals surface area contributed by atoms with Crippen molar-refractivity contribution in [3.8, 4) is 5.69 Å². The standard InChI is InChI=1S/C16H16N6O2/c23-15(13-6-8-22(19-13)12-4-2-1-3-5-12)21-9-7-16(24,11-21)14-10-17-20-18-14/h1-6,8,10,24H,7,9,11H2,(H,17,18,20)/t16-/m0/s1. The molecule has 1 saturated heterocycles. The molecular formula is C16H16N6O2. The van der Waals surface area contributed by atoms with Gasteiger partial charge in [-0.2, -0.15) is 20.5 Å². The molecule has 2 aromatic heterocycles. The molecule has 1 fully saturated rings. The van der Waals surface area contributed by atoms with Crippen molar-refractivity contribution in [1.82, 2.24) is 30.1 Å². The summed E-state index contributed by atoms with van der Waals surface area (Å²) in [6, 6.07) is 11.3. The van der Waals surface area contributed by atoms with Crippen molar-refractivity contribution in [2.45, 2.75) is 12.0 Å². The molecule has 1 amide bonds. The van der Waals surface area contributed by atoms with Gasteiger partial charge in [-0.1, -0.05) is 18.2 Å². The molecule has 1 atom stereocenters. The normalized spacial score (nSPS) is 20.5. The lowest BCUT2D eigenvalue weighted by Gasteiger charge is -2.20. The first-order chi connectivity index (χ1) is 11.7. The summed E-state index contributed by atoms with van der Waals surface area (Å²) in [5, 5.41) is 25.2. The fourth-order valence-electron chi connectivity index (χ4n) is 2.93. The summed E-state index contributed by atoms with van der Waals surface area (Å²) in [6.45, 7) is 0.622. The number of para-hydroxylation sites is 1. The van der Waals surface area contributed by atoms with Crippen LogP contribution < -0.4 is 0 Å². The highest BCUT2D eigenvalue weighted by Crippen LogP contribution is 2.30. The number of carbonyl (C=O) groups is 1. The van der Waals surface area contributed by atoms with Gasteiger partial charge in [0, 0.05) is 19.2 Å². The first kappa shape index (κ1) is 14.6. The summed E-state index contributed by atoms with van der Waals surface area (Å²) in [5.74, 6) is -0.205. The molecule has 4 rings (SSSR count). The molecule has 1 aromatic carbocycles. The van der Waals surface area contributed by atoms with Crippen molar-refractivity contribution in [3.05, 3.63) is 60.2 Å². The fourth-order valence-corrected chi connectivity index (χ4v) is 2.93. The number of aliphatic hydroxyl groups is 1. The zero-order valence-corrected chi connectivity index (χ0v) is 12.8. The number of aromatic amines is 1. The molecule has 0 bridgehead atoms. The number of benzene rings is 1. The number of nitrogens with zero attached hydrogens (tertiary/aromatic N) is 5. The number of H-pyrrole nitrogens is 1. The van der Waals surface area contributed by atoms with Crippen molar-refractivity contribution in [1.29, 1.82) is 0 Å². The van der Waals surface area contributed by atoms with E-state index in [4.69, 9.17) is 0 Å². The van der Waals surface area contributed by atoms with E-state index in [2.05, 4.69) is 20.5 Å². The van der Waals surface area contributed by atoms with Crippen LogP contribution in [0.15, 0.2) is 48.8 Å². The minimum absolute atomic E-state index is 0.177. The lowest BCUT2D eigenvalue weighted by molar-refractivity contribution is 0.0380. The maximum absolute atomic E-state index is 12.6. The molecule has 0 aliphatic carbocycles. The predicted octanol–water partition coefficient (Wildman–Crippen LogP) is 0.724. The highest BCUT2D eigenvalue weighted by molar-refractivity contribution is 5.92. The maximum atomic E-state index is 12.6. The second-order valence-corrected chi connectivity index (χ2v) is 5.84. The molecule has 0 saturated carbocycles. The van der Waals surface area contributed by atoms with Gasteiger partial charge in [0.2, 0.25) is 0 Å². The molecule has 122 valence electrons.